The molecule has 0 radical (unpaired) electrons. The average molecular weight is 388 g/mol. The third kappa shape index (κ3) is 4.55. The molecule has 144 valence electrons. The van der Waals surface area contributed by atoms with Crippen molar-refractivity contribution in [2.24, 2.45) is 0 Å². The second-order valence-electron chi connectivity index (χ2n) is 6.67. The number of hydrogen-bond donors (Lipinski definition) is 1. The van der Waals surface area contributed by atoms with E-state index in [9.17, 15) is 13.2 Å². The van der Waals surface area contributed by atoms with E-state index in [1.807, 2.05) is 31.2 Å². The van der Waals surface area contributed by atoms with Gasteiger partial charge in [0.15, 0.2) is 0 Å². The minimum Gasteiger partial charge on any atom is -0.379 e. The van der Waals surface area contributed by atoms with Crippen molar-refractivity contribution in [1.29, 1.82) is 0 Å². The number of ether oxygens (including phenoxy) is 1. The molecule has 1 aliphatic heterocycles. The van der Waals surface area contributed by atoms with Crippen LogP contribution in [0.15, 0.2) is 47.4 Å². The maximum Gasteiger partial charge on any atom is 0.251 e. The summed E-state index contributed by atoms with van der Waals surface area (Å²) >= 11 is 0. The fraction of sp³-hybridized carbons (Fsp3) is 0.350. The van der Waals surface area contributed by atoms with E-state index in [1.165, 1.54) is 10.4 Å². The zero-order valence-corrected chi connectivity index (χ0v) is 16.4. The molecular formula is C20H24N2O4S. The fourth-order valence-electron chi connectivity index (χ4n) is 3.05. The van der Waals surface area contributed by atoms with Gasteiger partial charge in [-0.15, -0.1) is 0 Å². The van der Waals surface area contributed by atoms with Gasteiger partial charge in [-0.2, -0.15) is 4.31 Å². The molecule has 0 spiro atoms. The van der Waals surface area contributed by atoms with Crippen molar-refractivity contribution in [3.63, 3.8) is 0 Å². The summed E-state index contributed by atoms with van der Waals surface area (Å²) in [6.07, 6.45) is 0. The van der Waals surface area contributed by atoms with Crippen LogP contribution in [0, 0.1) is 13.8 Å². The predicted molar refractivity (Wildman–Crippen MR) is 103 cm³/mol. The Labute approximate surface area is 160 Å². The Hall–Kier alpha value is -2.22. The fourth-order valence-corrected chi connectivity index (χ4v) is 4.71. The topological polar surface area (TPSA) is 75.7 Å². The normalized spacial score (nSPS) is 15.5. The number of aryl methyl sites for hydroxylation is 2. The van der Waals surface area contributed by atoms with Crippen LogP contribution in [0.4, 0.5) is 0 Å². The van der Waals surface area contributed by atoms with Crippen LogP contribution >= 0.6 is 0 Å². The first-order chi connectivity index (χ1) is 12.9. The first kappa shape index (κ1) is 19.5. The monoisotopic (exact) mass is 388 g/mol. The number of nitrogens with zero attached hydrogens (tertiary/aromatic N) is 1. The van der Waals surface area contributed by atoms with E-state index in [0.29, 0.717) is 44.0 Å². The molecule has 6 nitrogen and oxygen atoms in total. The van der Waals surface area contributed by atoms with Crippen LogP contribution in [-0.2, 0) is 21.3 Å². The van der Waals surface area contributed by atoms with E-state index in [0.717, 1.165) is 11.1 Å². The molecule has 1 fully saturated rings. The maximum absolute atomic E-state index is 12.9. The van der Waals surface area contributed by atoms with Crippen molar-refractivity contribution < 1.29 is 17.9 Å². The number of nitrogens with one attached hydrogen (secondary N) is 1. The van der Waals surface area contributed by atoms with Crippen molar-refractivity contribution in [2.75, 3.05) is 26.3 Å². The Morgan fingerprint density at radius 1 is 1.11 bits per heavy atom. The molecule has 0 saturated carbocycles. The molecule has 1 heterocycles. The van der Waals surface area contributed by atoms with Gasteiger partial charge in [0.25, 0.3) is 5.91 Å². The summed E-state index contributed by atoms with van der Waals surface area (Å²) in [5, 5.41) is 2.85. The standard InChI is InChI=1S/C20H24N2O4S/c1-15-4-3-5-17(12-15)14-21-20(23)18-7-6-16(2)19(13-18)27(24,25)22-8-10-26-11-9-22/h3-7,12-13H,8-11,14H2,1-2H3,(H,21,23). The van der Waals surface area contributed by atoms with Crippen LogP contribution in [0.5, 0.6) is 0 Å². The molecule has 1 saturated heterocycles. The summed E-state index contributed by atoms with van der Waals surface area (Å²) in [7, 11) is -3.65. The van der Waals surface area contributed by atoms with Crippen molar-refractivity contribution >= 4 is 15.9 Å². The Bertz CT molecular complexity index is 935. The highest BCUT2D eigenvalue weighted by molar-refractivity contribution is 7.89. The zero-order chi connectivity index (χ0) is 19.4. The molecule has 0 aromatic heterocycles. The van der Waals surface area contributed by atoms with Crippen LogP contribution in [0.25, 0.3) is 0 Å². The smallest absolute Gasteiger partial charge is 0.251 e. The van der Waals surface area contributed by atoms with Gasteiger partial charge in [0, 0.05) is 25.2 Å². The van der Waals surface area contributed by atoms with E-state index in [2.05, 4.69) is 5.32 Å². The second kappa shape index (κ2) is 8.21. The van der Waals surface area contributed by atoms with Crippen molar-refractivity contribution in [1.82, 2.24) is 9.62 Å². The van der Waals surface area contributed by atoms with E-state index >= 15 is 0 Å². The molecule has 1 aliphatic rings. The number of hydrogen-bond acceptors (Lipinski definition) is 4. The summed E-state index contributed by atoms with van der Waals surface area (Å²) < 4.78 is 32.5. The predicted octanol–water partition coefficient (Wildman–Crippen LogP) is 2.25. The SMILES string of the molecule is Cc1cccc(CNC(=O)c2ccc(C)c(S(=O)(=O)N3CCOCC3)c2)c1. The summed E-state index contributed by atoms with van der Waals surface area (Å²) in [5.41, 5.74) is 3.07. The molecule has 1 amide bonds. The minimum absolute atomic E-state index is 0.174. The summed E-state index contributed by atoms with van der Waals surface area (Å²) in [6.45, 7) is 5.54. The lowest BCUT2D eigenvalue weighted by molar-refractivity contribution is 0.0730. The summed E-state index contributed by atoms with van der Waals surface area (Å²) in [4.78, 5) is 12.7. The first-order valence-electron chi connectivity index (χ1n) is 8.90. The third-order valence-corrected chi connectivity index (χ3v) is 6.61. The number of amides is 1. The van der Waals surface area contributed by atoms with Gasteiger partial charge in [-0.25, -0.2) is 8.42 Å². The van der Waals surface area contributed by atoms with Crippen LogP contribution in [0.2, 0.25) is 0 Å². The lowest BCUT2D eigenvalue weighted by Crippen LogP contribution is -2.41. The molecule has 1 N–H and O–H groups in total. The van der Waals surface area contributed by atoms with Crippen molar-refractivity contribution in [3.05, 3.63) is 64.7 Å². The van der Waals surface area contributed by atoms with Crippen molar-refractivity contribution in [2.45, 2.75) is 25.3 Å². The molecule has 0 unspecified atom stereocenters. The summed E-state index contributed by atoms with van der Waals surface area (Å²) in [5.74, 6) is -0.296. The van der Waals surface area contributed by atoms with Gasteiger partial charge in [0.2, 0.25) is 10.0 Å². The molecule has 2 aromatic carbocycles. The average Bonchev–Trinajstić information content (AvgIpc) is 2.67. The van der Waals surface area contributed by atoms with Crippen molar-refractivity contribution in [3.8, 4) is 0 Å². The van der Waals surface area contributed by atoms with Gasteiger partial charge in [-0.05, 0) is 37.1 Å². The van der Waals surface area contributed by atoms with Gasteiger partial charge >= 0.3 is 0 Å². The molecule has 0 atom stereocenters. The summed E-state index contributed by atoms with van der Waals surface area (Å²) in [6, 6.07) is 12.7. The second-order valence-corrected chi connectivity index (χ2v) is 8.57. The number of carbonyl (C=O) groups excluding carboxylic acids is 1. The Morgan fingerprint density at radius 2 is 1.85 bits per heavy atom. The highest BCUT2D eigenvalue weighted by atomic mass is 32.2. The molecule has 0 bridgehead atoms. The van der Waals surface area contributed by atoms with E-state index < -0.39 is 10.0 Å². The highest BCUT2D eigenvalue weighted by Gasteiger charge is 2.28. The molecule has 27 heavy (non-hydrogen) atoms. The van der Waals surface area contributed by atoms with Crippen LogP contribution in [0.3, 0.4) is 0 Å². The molecule has 3 rings (SSSR count). The number of morpholine rings is 1. The molecular weight excluding hydrogens is 364 g/mol. The largest absolute Gasteiger partial charge is 0.379 e. The van der Waals surface area contributed by atoms with Gasteiger partial charge < -0.3 is 10.1 Å². The van der Waals surface area contributed by atoms with E-state index in [-0.39, 0.29) is 10.8 Å². The quantitative estimate of drug-likeness (QED) is 0.852. The van der Waals surface area contributed by atoms with Gasteiger partial charge in [0.1, 0.15) is 0 Å². The maximum atomic E-state index is 12.9. The lowest BCUT2D eigenvalue weighted by atomic mass is 10.1. The van der Waals surface area contributed by atoms with Crippen LogP contribution < -0.4 is 5.32 Å². The molecule has 7 heteroatoms. The minimum atomic E-state index is -3.65. The Morgan fingerprint density at radius 3 is 2.56 bits per heavy atom. The third-order valence-electron chi connectivity index (χ3n) is 4.57. The van der Waals surface area contributed by atoms with Gasteiger partial charge in [-0.3, -0.25) is 4.79 Å². The molecule has 0 aliphatic carbocycles. The lowest BCUT2D eigenvalue weighted by Gasteiger charge is -2.26. The van der Waals surface area contributed by atoms with Gasteiger partial charge in [-0.1, -0.05) is 35.9 Å². The Balaban J connectivity index is 1.79. The number of benzene rings is 2. The first-order valence-corrected chi connectivity index (χ1v) is 10.3. The van der Waals surface area contributed by atoms with Crippen LogP contribution in [0.1, 0.15) is 27.0 Å². The van der Waals surface area contributed by atoms with E-state index in [4.69, 9.17) is 4.74 Å². The van der Waals surface area contributed by atoms with Gasteiger partial charge in [0.05, 0.1) is 18.1 Å². The highest BCUT2D eigenvalue weighted by Crippen LogP contribution is 2.22. The number of rotatable bonds is 5. The number of sulfonamides is 1. The zero-order valence-electron chi connectivity index (χ0n) is 15.6. The van der Waals surface area contributed by atoms with E-state index in [1.54, 1.807) is 19.1 Å². The van der Waals surface area contributed by atoms with Crippen LogP contribution in [-0.4, -0.2) is 44.9 Å². The Kier molecular flexibility index (Phi) is 5.94. The number of carbonyl (C=O) groups is 1. The molecule has 2 aromatic rings.